The molecule has 2 rings (SSSR count). The summed E-state index contributed by atoms with van der Waals surface area (Å²) in [5, 5.41) is 3.57. The molecule has 1 aromatic carbocycles. The van der Waals surface area contributed by atoms with Gasteiger partial charge in [0.25, 0.3) is 5.91 Å². The first-order chi connectivity index (χ1) is 11.3. The number of ether oxygens (including phenoxy) is 2. The van der Waals surface area contributed by atoms with Crippen molar-refractivity contribution in [3.63, 3.8) is 0 Å². The fourth-order valence-corrected chi connectivity index (χ4v) is 3.04. The van der Waals surface area contributed by atoms with Crippen LogP contribution in [-0.2, 0) is 9.53 Å². The van der Waals surface area contributed by atoms with Crippen molar-refractivity contribution in [1.82, 2.24) is 4.98 Å². The zero-order chi connectivity index (χ0) is 17.9. The number of rotatable bonds is 5. The van der Waals surface area contributed by atoms with E-state index in [1.807, 2.05) is 6.92 Å². The number of esters is 1. The van der Waals surface area contributed by atoms with Crippen LogP contribution in [0.15, 0.2) is 18.2 Å². The third-order valence-corrected chi connectivity index (χ3v) is 4.50. The van der Waals surface area contributed by atoms with Gasteiger partial charge >= 0.3 is 5.97 Å². The van der Waals surface area contributed by atoms with Crippen molar-refractivity contribution in [1.29, 1.82) is 0 Å². The largest absolute Gasteiger partial charge is 0.481 e. The molecule has 6 nitrogen and oxygen atoms in total. The molecule has 1 heterocycles. The summed E-state index contributed by atoms with van der Waals surface area (Å²) in [4.78, 5) is 28.3. The van der Waals surface area contributed by atoms with Crippen molar-refractivity contribution in [2.24, 2.45) is 0 Å². The maximum atomic E-state index is 12.2. The zero-order valence-corrected chi connectivity index (χ0v) is 15.2. The van der Waals surface area contributed by atoms with Gasteiger partial charge in [-0.3, -0.25) is 10.1 Å². The predicted octanol–water partition coefficient (Wildman–Crippen LogP) is 3.61. The van der Waals surface area contributed by atoms with Crippen molar-refractivity contribution in [3.8, 4) is 5.75 Å². The van der Waals surface area contributed by atoms with Gasteiger partial charge in [-0.1, -0.05) is 22.9 Å². The summed E-state index contributed by atoms with van der Waals surface area (Å²) >= 11 is 6.96. The Morgan fingerprint density at radius 2 is 2.04 bits per heavy atom. The lowest BCUT2D eigenvalue weighted by atomic mass is 10.2. The quantitative estimate of drug-likeness (QED) is 0.816. The van der Waals surface area contributed by atoms with Crippen LogP contribution in [0.5, 0.6) is 5.75 Å². The molecular formula is C16H17ClN2O4S. The maximum Gasteiger partial charge on any atom is 0.350 e. The Morgan fingerprint density at radius 1 is 1.33 bits per heavy atom. The van der Waals surface area contributed by atoms with Crippen molar-refractivity contribution in [2.45, 2.75) is 26.9 Å². The predicted molar refractivity (Wildman–Crippen MR) is 93.1 cm³/mol. The van der Waals surface area contributed by atoms with E-state index in [4.69, 9.17) is 16.3 Å². The number of carbonyl (C=O) groups excluding carboxylic acids is 2. The molecule has 1 N–H and O–H groups in total. The Labute approximate surface area is 148 Å². The number of halogens is 1. The second-order valence-electron chi connectivity index (χ2n) is 5.08. The SMILES string of the molecule is COC(=O)c1sc(NC(=O)C(C)Oc2ccc(Cl)cc2C)nc1C. The number of aromatic nitrogens is 1. The van der Waals surface area contributed by atoms with Gasteiger partial charge in [-0.25, -0.2) is 9.78 Å². The van der Waals surface area contributed by atoms with Gasteiger partial charge < -0.3 is 9.47 Å². The van der Waals surface area contributed by atoms with Crippen LogP contribution in [0.4, 0.5) is 5.13 Å². The zero-order valence-electron chi connectivity index (χ0n) is 13.7. The molecule has 0 saturated heterocycles. The topological polar surface area (TPSA) is 77.5 Å². The third-order valence-electron chi connectivity index (χ3n) is 3.21. The standard InChI is InChI=1S/C16H17ClN2O4S/c1-8-7-11(17)5-6-12(8)23-10(3)14(20)19-16-18-9(2)13(24-16)15(21)22-4/h5-7,10H,1-4H3,(H,18,19,20). The average Bonchev–Trinajstić information content (AvgIpc) is 2.89. The van der Waals surface area contributed by atoms with E-state index in [9.17, 15) is 9.59 Å². The maximum absolute atomic E-state index is 12.2. The van der Waals surface area contributed by atoms with Gasteiger partial charge in [0.15, 0.2) is 11.2 Å². The van der Waals surface area contributed by atoms with E-state index >= 15 is 0 Å². The highest BCUT2D eigenvalue weighted by molar-refractivity contribution is 7.17. The van der Waals surface area contributed by atoms with Gasteiger partial charge in [0, 0.05) is 5.02 Å². The number of thiazole rings is 1. The first-order valence-electron chi connectivity index (χ1n) is 7.11. The van der Waals surface area contributed by atoms with Crippen LogP contribution in [0.2, 0.25) is 5.02 Å². The summed E-state index contributed by atoms with van der Waals surface area (Å²) in [5.41, 5.74) is 1.34. The van der Waals surface area contributed by atoms with E-state index in [1.165, 1.54) is 7.11 Å². The number of anilines is 1. The lowest BCUT2D eigenvalue weighted by molar-refractivity contribution is -0.122. The molecule has 128 valence electrons. The van der Waals surface area contributed by atoms with Gasteiger partial charge in [-0.15, -0.1) is 0 Å². The molecule has 0 bridgehead atoms. The second-order valence-corrected chi connectivity index (χ2v) is 6.52. The lowest BCUT2D eigenvalue weighted by Gasteiger charge is -2.15. The number of nitrogens with one attached hydrogen (secondary N) is 1. The summed E-state index contributed by atoms with van der Waals surface area (Å²) in [6.07, 6.45) is -0.740. The van der Waals surface area contributed by atoms with Crippen molar-refractivity contribution >= 4 is 39.9 Å². The normalized spacial score (nSPS) is 11.7. The minimum atomic E-state index is -0.740. The Balaban J connectivity index is 2.05. The number of aryl methyl sites for hydroxylation is 2. The lowest BCUT2D eigenvalue weighted by Crippen LogP contribution is -2.30. The number of carbonyl (C=O) groups is 2. The molecule has 2 aromatic rings. The Hall–Kier alpha value is -2.12. The third kappa shape index (κ3) is 4.24. The molecule has 8 heteroatoms. The van der Waals surface area contributed by atoms with Crippen LogP contribution in [0.3, 0.4) is 0 Å². The smallest absolute Gasteiger partial charge is 0.350 e. The van der Waals surface area contributed by atoms with E-state index in [0.717, 1.165) is 16.9 Å². The van der Waals surface area contributed by atoms with Crippen LogP contribution in [0, 0.1) is 13.8 Å². The fourth-order valence-electron chi connectivity index (χ4n) is 1.93. The molecule has 0 aliphatic heterocycles. The monoisotopic (exact) mass is 368 g/mol. The molecule has 1 aromatic heterocycles. The number of hydrogen-bond acceptors (Lipinski definition) is 6. The molecule has 0 spiro atoms. The molecule has 0 aliphatic rings. The highest BCUT2D eigenvalue weighted by Gasteiger charge is 2.20. The second kappa shape index (κ2) is 7.63. The van der Waals surface area contributed by atoms with Crippen molar-refractivity contribution in [3.05, 3.63) is 39.4 Å². The minimum Gasteiger partial charge on any atom is -0.481 e. The molecule has 0 saturated carbocycles. The van der Waals surface area contributed by atoms with Crippen LogP contribution in [-0.4, -0.2) is 30.1 Å². The summed E-state index contributed by atoms with van der Waals surface area (Å²) in [7, 11) is 1.30. The van der Waals surface area contributed by atoms with Gasteiger partial charge in [-0.05, 0) is 44.5 Å². The Kier molecular flexibility index (Phi) is 5.80. The Bertz CT molecular complexity index is 775. The van der Waals surface area contributed by atoms with E-state index in [-0.39, 0.29) is 5.91 Å². The summed E-state index contributed by atoms with van der Waals surface area (Å²) in [6.45, 7) is 5.15. The summed E-state index contributed by atoms with van der Waals surface area (Å²) in [6, 6.07) is 5.17. The molecule has 0 fully saturated rings. The molecule has 1 atom stereocenters. The molecular weight excluding hydrogens is 352 g/mol. The van der Waals surface area contributed by atoms with Crippen LogP contribution >= 0.6 is 22.9 Å². The van der Waals surface area contributed by atoms with E-state index in [1.54, 1.807) is 32.0 Å². The molecule has 1 amide bonds. The number of hydrogen-bond donors (Lipinski definition) is 1. The number of benzene rings is 1. The molecule has 0 radical (unpaired) electrons. The Morgan fingerprint density at radius 3 is 2.67 bits per heavy atom. The molecule has 1 unspecified atom stereocenters. The van der Waals surface area contributed by atoms with Crippen LogP contribution < -0.4 is 10.1 Å². The molecule has 24 heavy (non-hydrogen) atoms. The van der Waals surface area contributed by atoms with Gasteiger partial charge in [-0.2, -0.15) is 0 Å². The van der Waals surface area contributed by atoms with Crippen molar-refractivity contribution in [2.75, 3.05) is 12.4 Å². The summed E-state index contributed by atoms with van der Waals surface area (Å²) in [5.74, 6) is -0.270. The number of nitrogens with zero attached hydrogens (tertiary/aromatic N) is 1. The van der Waals surface area contributed by atoms with Crippen molar-refractivity contribution < 1.29 is 19.1 Å². The highest BCUT2D eigenvalue weighted by Crippen LogP contribution is 2.25. The summed E-state index contributed by atoms with van der Waals surface area (Å²) < 4.78 is 10.3. The first-order valence-corrected chi connectivity index (χ1v) is 8.30. The highest BCUT2D eigenvalue weighted by atomic mass is 35.5. The van der Waals surface area contributed by atoms with Crippen LogP contribution in [0.25, 0.3) is 0 Å². The van der Waals surface area contributed by atoms with E-state index < -0.39 is 12.1 Å². The fraction of sp³-hybridized carbons (Fsp3) is 0.312. The van der Waals surface area contributed by atoms with E-state index in [2.05, 4.69) is 15.0 Å². The van der Waals surface area contributed by atoms with E-state index in [0.29, 0.717) is 26.5 Å². The first kappa shape index (κ1) is 18.2. The van der Waals surface area contributed by atoms with Gasteiger partial charge in [0.2, 0.25) is 0 Å². The molecule has 0 aliphatic carbocycles. The van der Waals surface area contributed by atoms with Crippen LogP contribution in [0.1, 0.15) is 27.9 Å². The number of amides is 1. The number of methoxy groups -OCH3 is 1. The van der Waals surface area contributed by atoms with Gasteiger partial charge in [0.1, 0.15) is 10.6 Å². The average molecular weight is 369 g/mol. The van der Waals surface area contributed by atoms with Gasteiger partial charge in [0.05, 0.1) is 12.8 Å². The minimum absolute atomic E-state index is 0.321.